The molecule has 1 aliphatic heterocycles. The zero-order valence-corrected chi connectivity index (χ0v) is 15.4. The van der Waals surface area contributed by atoms with Crippen molar-refractivity contribution < 1.29 is 9.18 Å². The summed E-state index contributed by atoms with van der Waals surface area (Å²) < 4.78 is 15.1. The van der Waals surface area contributed by atoms with Crippen molar-refractivity contribution in [2.24, 2.45) is 7.05 Å². The number of benzene rings is 2. The van der Waals surface area contributed by atoms with Crippen molar-refractivity contribution in [2.75, 3.05) is 6.54 Å². The van der Waals surface area contributed by atoms with Crippen LogP contribution in [0.25, 0.3) is 10.9 Å². The summed E-state index contributed by atoms with van der Waals surface area (Å²) >= 11 is 0. The predicted octanol–water partition coefficient (Wildman–Crippen LogP) is 3.83. The van der Waals surface area contributed by atoms with Gasteiger partial charge in [-0.1, -0.05) is 30.3 Å². The van der Waals surface area contributed by atoms with E-state index in [-0.39, 0.29) is 17.8 Å². The van der Waals surface area contributed by atoms with Gasteiger partial charge in [-0.05, 0) is 41.8 Å². The second-order valence-electron chi connectivity index (χ2n) is 7.11. The van der Waals surface area contributed by atoms with Crippen LogP contribution in [0, 0.1) is 5.82 Å². The van der Waals surface area contributed by atoms with E-state index in [4.69, 9.17) is 0 Å². The van der Waals surface area contributed by atoms with Crippen LogP contribution >= 0.6 is 0 Å². The van der Waals surface area contributed by atoms with Crippen molar-refractivity contribution in [3.8, 4) is 0 Å². The number of aryl methyl sites for hydroxylation is 1. The van der Waals surface area contributed by atoms with Crippen LogP contribution in [0.4, 0.5) is 4.39 Å². The van der Waals surface area contributed by atoms with Crippen LogP contribution in [0.1, 0.15) is 33.4 Å². The van der Waals surface area contributed by atoms with Crippen molar-refractivity contribution in [2.45, 2.75) is 12.5 Å². The minimum atomic E-state index is -0.306. The Morgan fingerprint density at radius 2 is 1.93 bits per heavy atom. The molecule has 28 heavy (non-hydrogen) atoms. The van der Waals surface area contributed by atoms with Gasteiger partial charge in [-0.3, -0.25) is 9.48 Å². The number of fused-ring (bicyclic) bond motifs is 3. The number of hydrogen-bond donors (Lipinski definition) is 1. The normalized spacial score (nSPS) is 16.4. The van der Waals surface area contributed by atoms with Crippen LogP contribution in [0.3, 0.4) is 0 Å². The fourth-order valence-electron chi connectivity index (χ4n) is 4.18. The van der Waals surface area contributed by atoms with Gasteiger partial charge in [0.15, 0.2) is 0 Å². The Bertz CT molecular complexity index is 1170. The molecule has 0 bridgehead atoms. The summed E-state index contributed by atoms with van der Waals surface area (Å²) in [6.07, 6.45) is 2.39. The zero-order valence-electron chi connectivity index (χ0n) is 15.4. The Kier molecular flexibility index (Phi) is 3.79. The van der Waals surface area contributed by atoms with Gasteiger partial charge in [0.1, 0.15) is 11.5 Å². The van der Waals surface area contributed by atoms with Gasteiger partial charge in [0.25, 0.3) is 5.91 Å². The number of nitrogens with one attached hydrogen (secondary N) is 1. The molecule has 4 aromatic rings. The quantitative estimate of drug-likeness (QED) is 0.580. The number of amides is 1. The largest absolute Gasteiger partial charge is 0.356 e. The first kappa shape index (κ1) is 16.7. The van der Waals surface area contributed by atoms with Crippen LogP contribution in [0.2, 0.25) is 0 Å². The molecule has 5 rings (SSSR count). The number of hydrogen-bond acceptors (Lipinski definition) is 2. The summed E-state index contributed by atoms with van der Waals surface area (Å²) in [5.41, 5.74) is 4.68. The summed E-state index contributed by atoms with van der Waals surface area (Å²) in [6.45, 7) is 0.584. The third-order valence-corrected chi connectivity index (χ3v) is 5.52. The van der Waals surface area contributed by atoms with Crippen molar-refractivity contribution in [3.63, 3.8) is 0 Å². The number of nitrogens with zero attached hydrogens (tertiary/aromatic N) is 3. The number of carbonyl (C=O) groups excluding carboxylic acids is 1. The van der Waals surface area contributed by atoms with Gasteiger partial charge in [0.05, 0.1) is 6.04 Å². The Labute approximate surface area is 161 Å². The third kappa shape index (κ3) is 2.52. The van der Waals surface area contributed by atoms with Crippen molar-refractivity contribution in [3.05, 3.63) is 89.1 Å². The summed E-state index contributed by atoms with van der Waals surface area (Å²) in [5.74, 6) is -0.375. The first-order valence-corrected chi connectivity index (χ1v) is 9.27. The Morgan fingerprint density at radius 1 is 1.14 bits per heavy atom. The highest BCUT2D eigenvalue weighted by molar-refractivity contribution is 5.94. The first-order chi connectivity index (χ1) is 13.6. The van der Waals surface area contributed by atoms with Crippen molar-refractivity contribution in [1.29, 1.82) is 0 Å². The number of para-hydroxylation sites is 1. The van der Waals surface area contributed by atoms with Crippen LogP contribution in [0.5, 0.6) is 0 Å². The Morgan fingerprint density at radius 3 is 2.68 bits per heavy atom. The lowest BCUT2D eigenvalue weighted by atomic mass is 9.92. The molecule has 6 heteroatoms. The molecule has 0 saturated heterocycles. The maximum absolute atomic E-state index is 13.5. The highest BCUT2D eigenvalue weighted by Crippen LogP contribution is 2.39. The molecule has 5 nitrogen and oxygen atoms in total. The molecule has 1 amide bonds. The molecule has 0 saturated carbocycles. The molecule has 1 atom stereocenters. The molecule has 0 aliphatic carbocycles. The average molecular weight is 374 g/mol. The number of aromatic nitrogens is 3. The second kappa shape index (κ2) is 6.34. The van der Waals surface area contributed by atoms with Gasteiger partial charge in [-0.2, -0.15) is 5.10 Å². The molecular formula is C22H19FN4O. The molecule has 3 heterocycles. The monoisotopic (exact) mass is 374 g/mol. The molecule has 0 spiro atoms. The summed E-state index contributed by atoms with van der Waals surface area (Å²) in [5, 5.41) is 5.31. The van der Waals surface area contributed by atoms with Gasteiger partial charge in [0.2, 0.25) is 0 Å². The van der Waals surface area contributed by atoms with Crippen molar-refractivity contribution in [1.82, 2.24) is 19.7 Å². The van der Waals surface area contributed by atoms with Gasteiger partial charge in [-0.25, -0.2) is 4.39 Å². The predicted molar refractivity (Wildman–Crippen MR) is 104 cm³/mol. The topological polar surface area (TPSA) is 53.9 Å². The lowest BCUT2D eigenvalue weighted by Gasteiger charge is -2.36. The van der Waals surface area contributed by atoms with E-state index in [0.29, 0.717) is 12.2 Å². The van der Waals surface area contributed by atoms with E-state index in [9.17, 15) is 9.18 Å². The maximum atomic E-state index is 13.5. The highest BCUT2D eigenvalue weighted by Gasteiger charge is 2.35. The van der Waals surface area contributed by atoms with E-state index in [1.54, 1.807) is 36.1 Å². The molecule has 1 aliphatic rings. The number of carbonyl (C=O) groups is 1. The van der Waals surface area contributed by atoms with E-state index in [1.165, 1.54) is 23.1 Å². The summed E-state index contributed by atoms with van der Waals surface area (Å²) in [7, 11) is 1.76. The van der Waals surface area contributed by atoms with Crippen LogP contribution in [-0.2, 0) is 13.5 Å². The number of rotatable bonds is 2. The Hall–Kier alpha value is -3.41. The van der Waals surface area contributed by atoms with Crippen LogP contribution in [0.15, 0.2) is 60.8 Å². The number of aromatic amines is 1. The molecule has 0 unspecified atom stereocenters. The molecule has 0 radical (unpaired) electrons. The smallest absolute Gasteiger partial charge is 0.272 e. The SMILES string of the molecule is Cn1nccc1C(=O)N1CCc2c([nH]c3ccccc23)[C@@H]1c1ccc(F)cc1. The molecule has 1 N–H and O–H groups in total. The van der Waals surface area contributed by atoms with Crippen LogP contribution < -0.4 is 0 Å². The average Bonchev–Trinajstić information content (AvgIpc) is 3.30. The van der Waals surface area contributed by atoms with Gasteiger partial charge in [0, 0.05) is 36.4 Å². The third-order valence-electron chi connectivity index (χ3n) is 5.52. The maximum Gasteiger partial charge on any atom is 0.272 e. The van der Waals surface area contributed by atoms with E-state index in [0.717, 1.165) is 23.2 Å². The molecule has 0 fully saturated rings. The molecule has 2 aromatic heterocycles. The minimum Gasteiger partial charge on any atom is -0.356 e. The zero-order chi connectivity index (χ0) is 19.3. The van der Waals surface area contributed by atoms with E-state index >= 15 is 0 Å². The molecule has 2 aromatic carbocycles. The number of H-pyrrole nitrogens is 1. The standard InChI is InChI=1S/C22H19FN4O/c1-26-19(10-12-24-26)22(28)27-13-11-17-16-4-2-3-5-18(16)25-20(17)21(27)14-6-8-15(23)9-7-14/h2-10,12,21,25H,11,13H2,1H3/t21-/m0/s1. The number of halogens is 1. The van der Waals surface area contributed by atoms with Crippen LogP contribution in [-0.4, -0.2) is 32.1 Å². The Balaban J connectivity index is 1.68. The fraction of sp³-hybridized carbons (Fsp3) is 0.182. The van der Waals surface area contributed by atoms with E-state index < -0.39 is 0 Å². The molecule has 140 valence electrons. The first-order valence-electron chi connectivity index (χ1n) is 9.27. The van der Waals surface area contributed by atoms with E-state index in [1.807, 2.05) is 23.1 Å². The van der Waals surface area contributed by atoms with Gasteiger partial charge >= 0.3 is 0 Å². The van der Waals surface area contributed by atoms with Crippen molar-refractivity contribution >= 4 is 16.8 Å². The minimum absolute atomic E-state index is 0.0846. The van der Waals surface area contributed by atoms with Gasteiger partial charge < -0.3 is 9.88 Å². The summed E-state index contributed by atoms with van der Waals surface area (Å²) in [6, 6.07) is 16.0. The highest BCUT2D eigenvalue weighted by atomic mass is 19.1. The summed E-state index contributed by atoms with van der Waals surface area (Å²) in [4.78, 5) is 18.7. The fourth-order valence-corrected chi connectivity index (χ4v) is 4.18. The van der Waals surface area contributed by atoms with E-state index in [2.05, 4.69) is 16.1 Å². The lowest BCUT2D eigenvalue weighted by Crippen LogP contribution is -2.41. The second-order valence-corrected chi connectivity index (χ2v) is 7.11. The molecular weight excluding hydrogens is 355 g/mol. The lowest BCUT2D eigenvalue weighted by molar-refractivity contribution is 0.0680. The van der Waals surface area contributed by atoms with Gasteiger partial charge in [-0.15, -0.1) is 0 Å².